The summed E-state index contributed by atoms with van der Waals surface area (Å²) in [5.74, 6) is -0.344. The van der Waals surface area contributed by atoms with Crippen LogP contribution in [0.1, 0.15) is 6.42 Å². The van der Waals surface area contributed by atoms with E-state index in [-0.39, 0.29) is 23.6 Å². The quantitative estimate of drug-likeness (QED) is 0.535. The Morgan fingerprint density at radius 2 is 2.14 bits per heavy atom. The van der Waals surface area contributed by atoms with E-state index in [1.807, 2.05) is 6.07 Å². The Bertz CT molecular complexity index is 879. The molecule has 3 aliphatic rings. The van der Waals surface area contributed by atoms with E-state index in [9.17, 15) is 14.4 Å². The zero-order valence-corrected chi connectivity index (χ0v) is 16.4. The molecule has 1 aromatic rings. The van der Waals surface area contributed by atoms with E-state index in [4.69, 9.17) is 14.3 Å². The number of hydrogen-bond donors (Lipinski definition) is 1. The van der Waals surface area contributed by atoms with Crippen molar-refractivity contribution in [3.05, 3.63) is 41.6 Å². The van der Waals surface area contributed by atoms with Crippen LogP contribution in [-0.4, -0.2) is 65.9 Å². The summed E-state index contributed by atoms with van der Waals surface area (Å²) in [5, 5.41) is 6.05. The van der Waals surface area contributed by atoms with Crippen molar-refractivity contribution in [2.24, 2.45) is 5.16 Å². The zero-order chi connectivity index (χ0) is 20.4. The van der Waals surface area contributed by atoms with Gasteiger partial charge in [0.15, 0.2) is 12.7 Å². The van der Waals surface area contributed by atoms with E-state index in [1.54, 1.807) is 30.5 Å². The van der Waals surface area contributed by atoms with Gasteiger partial charge in [-0.2, -0.15) is 0 Å². The summed E-state index contributed by atoms with van der Waals surface area (Å²) in [5.41, 5.74) is 0.851. The van der Waals surface area contributed by atoms with Crippen LogP contribution in [0.5, 0.6) is 5.75 Å². The van der Waals surface area contributed by atoms with Crippen LogP contribution in [0.25, 0.3) is 0 Å². The highest BCUT2D eigenvalue weighted by Crippen LogP contribution is 2.42. The van der Waals surface area contributed by atoms with E-state index in [1.165, 1.54) is 23.8 Å². The monoisotopic (exact) mass is 417 g/mol. The second-order valence-electron chi connectivity index (χ2n) is 6.54. The molecule has 4 rings (SSSR count). The lowest BCUT2D eigenvalue weighted by molar-refractivity contribution is -0.152. The number of carbonyl (C=O) groups excluding carboxylic acids is 3. The standard InChI is InChI=1S/C19H19N3O6S/c1-26-19(25)16-12(13-7-8-20-28-13)10-29-18-15(17(24)22(16)18)21-14(23)9-27-11-5-3-2-4-6-11/h2-6,8,13,15,18H,7,9-10H2,1H3,(H,21,23)/t13-,15-,18-/m1/s1. The largest absolute Gasteiger partial charge is 0.484 e. The molecule has 3 heterocycles. The van der Waals surface area contributed by atoms with Gasteiger partial charge in [0.1, 0.15) is 22.9 Å². The number of methoxy groups -OCH3 is 1. The number of ether oxygens (including phenoxy) is 2. The van der Waals surface area contributed by atoms with Gasteiger partial charge >= 0.3 is 5.97 Å². The average Bonchev–Trinajstić information content (AvgIpc) is 3.29. The predicted octanol–water partition coefficient (Wildman–Crippen LogP) is 0.667. The van der Waals surface area contributed by atoms with Crippen LogP contribution in [0.4, 0.5) is 0 Å². The van der Waals surface area contributed by atoms with Crippen molar-refractivity contribution < 1.29 is 28.7 Å². The Balaban J connectivity index is 1.43. The number of benzene rings is 1. The van der Waals surface area contributed by atoms with Gasteiger partial charge in [0.25, 0.3) is 11.8 Å². The first-order valence-electron chi connectivity index (χ1n) is 9.01. The SMILES string of the molecule is COC(=O)C1=C([C@H]2CC=NO2)CS[C@@H]2[C@H](NC(=O)COc3ccccc3)C(=O)N12. The Labute approximate surface area is 171 Å². The van der Waals surface area contributed by atoms with E-state index in [0.29, 0.717) is 23.5 Å². The lowest BCUT2D eigenvalue weighted by Crippen LogP contribution is -2.71. The maximum Gasteiger partial charge on any atom is 0.354 e. The Morgan fingerprint density at radius 1 is 1.34 bits per heavy atom. The molecule has 152 valence electrons. The number of hydrogen-bond acceptors (Lipinski definition) is 8. The summed E-state index contributed by atoms with van der Waals surface area (Å²) in [6.07, 6.45) is 1.76. The lowest BCUT2D eigenvalue weighted by atomic mass is 9.99. The van der Waals surface area contributed by atoms with E-state index >= 15 is 0 Å². The molecule has 1 fully saturated rings. The molecule has 10 heteroatoms. The molecule has 0 aliphatic carbocycles. The highest BCUT2D eigenvalue weighted by atomic mass is 32.2. The number of fused-ring (bicyclic) bond motifs is 1. The molecule has 0 bridgehead atoms. The normalized spacial score (nSPS) is 25.1. The van der Waals surface area contributed by atoms with E-state index in [2.05, 4.69) is 10.5 Å². The summed E-state index contributed by atoms with van der Waals surface area (Å²) >= 11 is 1.46. The molecule has 0 saturated carbocycles. The lowest BCUT2D eigenvalue weighted by Gasteiger charge is -2.49. The first-order valence-corrected chi connectivity index (χ1v) is 10.1. The van der Waals surface area contributed by atoms with Crippen LogP contribution >= 0.6 is 11.8 Å². The van der Waals surface area contributed by atoms with Gasteiger partial charge in [0, 0.05) is 24.0 Å². The maximum absolute atomic E-state index is 12.7. The fourth-order valence-corrected chi connectivity index (χ4v) is 4.77. The smallest absolute Gasteiger partial charge is 0.354 e. The van der Waals surface area contributed by atoms with Gasteiger partial charge in [-0.1, -0.05) is 23.4 Å². The molecular formula is C19H19N3O6S. The number of β-lactam (4-membered cyclic amide) rings is 1. The van der Waals surface area contributed by atoms with Gasteiger partial charge in [0.2, 0.25) is 0 Å². The van der Waals surface area contributed by atoms with Crippen LogP contribution in [0.2, 0.25) is 0 Å². The van der Waals surface area contributed by atoms with Crippen molar-refractivity contribution in [3.8, 4) is 5.75 Å². The fraction of sp³-hybridized carbons (Fsp3) is 0.368. The van der Waals surface area contributed by atoms with Crippen molar-refractivity contribution in [3.63, 3.8) is 0 Å². The van der Waals surface area contributed by atoms with E-state index < -0.39 is 24.0 Å². The Morgan fingerprint density at radius 3 is 2.83 bits per heavy atom. The molecule has 0 radical (unpaired) electrons. The maximum atomic E-state index is 12.7. The summed E-state index contributed by atoms with van der Waals surface area (Å²) in [7, 11) is 1.26. The van der Waals surface area contributed by atoms with Gasteiger partial charge in [-0.15, -0.1) is 11.8 Å². The Hall–Kier alpha value is -3.01. The highest BCUT2D eigenvalue weighted by Gasteiger charge is 2.55. The van der Waals surface area contributed by atoms with Crippen LogP contribution in [0, 0.1) is 0 Å². The van der Waals surface area contributed by atoms with Crippen LogP contribution < -0.4 is 10.1 Å². The van der Waals surface area contributed by atoms with Gasteiger partial charge in [-0.05, 0) is 12.1 Å². The van der Waals surface area contributed by atoms with Gasteiger partial charge in [0.05, 0.1) is 7.11 Å². The van der Waals surface area contributed by atoms with Crippen molar-refractivity contribution in [2.75, 3.05) is 19.5 Å². The second kappa shape index (κ2) is 8.16. The van der Waals surface area contributed by atoms with Gasteiger partial charge < -0.3 is 19.6 Å². The molecule has 1 saturated heterocycles. The number of rotatable bonds is 6. The molecule has 9 nitrogen and oxygen atoms in total. The van der Waals surface area contributed by atoms with Gasteiger partial charge in [-0.25, -0.2) is 4.79 Å². The molecule has 1 aromatic carbocycles. The summed E-state index contributed by atoms with van der Waals surface area (Å²) in [4.78, 5) is 44.0. The zero-order valence-electron chi connectivity index (χ0n) is 15.6. The van der Waals surface area contributed by atoms with Crippen molar-refractivity contribution in [1.82, 2.24) is 10.2 Å². The van der Waals surface area contributed by atoms with Crippen molar-refractivity contribution in [2.45, 2.75) is 23.9 Å². The molecule has 3 aliphatic heterocycles. The third kappa shape index (κ3) is 3.67. The number of nitrogens with one attached hydrogen (secondary N) is 1. The molecular weight excluding hydrogens is 398 g/mol. The topological polar surface area (TPSA) is 107 Å². The molecule has 29 heavy (non-hydrogen) atoms. The minimum atomic E-state index is -0.728. The first-order chi connectivity index (χ1) is 14.1. The molecule has 0 spiro atoms. The molecule has 0 unspecified atom stereocenters. The number of carbonyl (C=O) groups is 3. The van der Waals surface area contributed by atoms with E-state index in [0.717, 1.165) is 0 Å². The fourth-order valence-electron chi connectivity index (χ4n) is 3.36. The third-order valence-corrected chi connectivity index (χ3v) is 6.08. The van der Waals surface area contributed by atoms with Crippen LogP contribution in [-0.2, 0) is 24.0 Å². The van der Waals surface area contributed by atoms with Crippen LogP contribution in [0.3, 0.4) is 0 Å². The van der Waals surface area contributed by atoms with Crippen molar-refractivity contribution >= 4 is 35.8 Å². The average molecular weight is 417 g/mol. The number of amides is 2. The third-order valence-electron chi connectivity index (χ3n) is 4.78. The summed E-state index contributed by atoms with van der Waals surface area (Å²) < 4.78 is 10.3. The minimum Gasteiger partial charge on any atom is -0.484 e. The molecule has 0 aromatic heterocycles. The summed E-state index contributed by atoms with van der Waals surface area (Å²) in [6.45, 7) is -0.205. The van der Waals surface area contributed by atoms with Crippen LogP contribution in [0.15, 0.2) is 46.8 Å². The number of thioether (sulfide) groups is 1. The molecule has 1 N–H and O–H groups in total. The number of para-hydroxylation sites is 1. The minimum absolute atomic E-state index is 0.183. The van der Waals surface area contributed by atoms with Gasteiger partial charge in [-0.3, -0.25) is 14.5 Å². The number of esters is 1. The highest BCUT2D eigenvalue weighted by molar-refractivity contribution is 8.00. The predicted molar refractivity (Wildman–Crippen MR) is 104 cm³/mol. The molecule has 2 amide bonds. The number of oxime groups is 1. The first kappa shape index (κ1) is 19.3. The summed E-state index contributed by atoms with van der Waals surface area (Å²) in [6, 6.07) is 8.20. The van der Waals surface area contributed by atoms with Crippen molar-refractivity contribution in [1.29, 1.82) is 0 Å². The molecule has 3 atom stereocenters. The Kier molecular flexibility index (Phi) is 5.43. The second-order valence-corrected chi connectivity index (χ2v) is 7.64. The number of nitrogens with zero attached hydrogens (tertiary/aromatic N) is 2.